The van der Waals surface area contributed by atoms with Gasteiger partial charge in [-0.15, -0.1) is 0 Å². The van der Waals surface area contributed by atoms with Crippen LogP contribution in [-0.4, -0.2) is 6.10 Å². The summed E-state index contributed by atoms with van der Waals surface area (Å²) in [7, 11) is 0. The fourth-order valence-corrected chi connectivity index (χ4v) is 4.21. The third-order valence-electron chi connectivity index (χ3n) is 5.18. The molecule has 1 unspecified atom stereocenters. The number of halogens is 1. The van der Waals surface area contributed by atoms with Crippen LogP contribution in [0.1, 0.15) is 96.0 Å². The molecule has 0 spiro atoms. The third-order valence-corrected chi connectivity index (χ3v) is 5.85. The monoisotopic (exact) mass is 442 g/mol. The van der Waals surface area contributed by atoms with E-state index in [1.807, 2.05) is 0 Å². The van der Waals surface area contributed by atoms with Gasteiger partial charge in [0.05, 0.1) is 6.10 Å². The zero-order valence-electron chi connectivity index (χ0n) is 15.5. The molecule has 0 amide bonds. The van der Waals surface area contributed by atoms with Gasteiger partial charge < -0.3 is 4.74 Å². The Morgan fingerprint density at radius 1 is 0.917 bits per heavy atom. The zero-order chi connectivity index (χ0) is 17.0. The molecule has 0 radical (unpaired) electrons. The molecule has 2 rings (SSSR count). The maximum absolute atomic E-state index is 6.18. The van der Waals surface area contributed by atoms with E-state index in [0.29, 0.717) is 6.10 Å². The number of hydrogen-bond acceptors (Lipinski definition) is 1. The molecule has 1 aromatic carbocycles. The molecule has 0 aromatic heterocycles. The summed E-state index contributed by atoms with van der Waals surface area (Å²) < 4.78 is 7.49. The van der Waals surface area contributed by atoms with Gasteiger partial charge in [0.15, 0.2) is 0 Å². The minimum Gasteiger partial charge on any atom is -0.490 e. The molecule has 136 valence electrons. The molecule has 1 nitrogen and oxygen atoms in total. The molecule has 1 aromatic rings. The average Bonchev–Trinajstić information content (AvgIpc) is 2.59. The highest BCUT2D eigenvalue weighted by Gasteiger charge is 2.19. The summed E-state index contributed by atoms with van der Waals surface area (Å²) in [6.45, 7) is 2.29. The number of hydrogen-bond donors (Lipinski definition) is 0. The van der Waals surface area contributed by atoms with Crippen molar-refractivity contribution >= 4 is 22.6 Å². The lowest BCUT2D eigenvalue weighted by Crippen LogP contribution is -2.22. The second-order valence-electron chi connectivity index (χ2n) is 7.35. The van der Waals surface area contributed by atoms with Crippen molar-refractivity contribution in [2.75, 3.05) is 0 Å². The second-order valence-corrected chi connectivity index (χ2v) is 8.60. The summed E-state index contributed by atoms with van der Waals surface area (Å²) in [5.41, 5.74) is 1.40. The molecule has 1 aliphatic rings. The van der Waals surface area contributed by atoms with Crippen LogP contribution in [-0.2, 0) is 6.42 Å². The number of fused-ring (bicyclic) bond motifs is 1. The number of unbranched alkanes of at least 4 members (excludes halogenated alkanes) is 10. The van der Waals surface area contributed by atoms with Gasteiger partial charge in [0.1, 0.15) is 5.75 Å². The Hall–Kier alpha value is -0.250. The highest BCUT2D eigenvalue weighted by Crippen LogP contribution is 2.30. The standard InChI is InChI=1S/C22H35IO/c1-2-3-4-5-6-7-8-9-10-11-12-13-21-16-14-19-18-20(23)15-17-22(19)24-21/h15,17-18,21H,2-14,16H2,1H3. The van der Waals surface area contributed by atoms with Crippen molar-refractivity contribution in [2.24, 2.45) is 0 Å². The van der Waals surface area contributed by atoms with Crippen LogP contribution < -0.4 is 4.74 Å². The van der Waals surface area contributed by atoms with E-state index in [9.17, 15) is 0 Å². The van der Waals surface area contributed by atoms with E-state index in [-0.39, 0.29) is 0 Å². The Balaban J connectivity index is 1.45. The van der Waals surface area contributed by atoms with Crippen molar-refractivity contribution in [2.45, 2.75) is 103 Å². The van der Waals surface area contributed by atoms with E-state index >= 15 is 0 Å². The number of benzene rings is 1. The predicted octanol–water partition coefficient (Wildman–Crippen LogP) is 7.69. The van der Waals surface area contributed by atoms with Crippen molar-refractivity contribution in [1.82, 2.24) is 0 Å². The first-order valence-corrected chi connectivity index (χ1v) is 11.3. The maximum Gasteiger partial charge on any atom is 0.122 e. The number of ether oxygens (including phenoxy) is 1. The van der Waals surface area contributed by atoms with Gasteiger partial charge in [-0.1, -0.05) is 71.1 Å². The quantitative estimate of drug-likeness (QED) is 0.238. The summed E-state index contributed by atoms with van der Waals surface area (Å²) in [4.78, 5) is 0. The van der Waals surface area contributed by atoms with E-state index in [1.54, 1.807) is 0 Å². The first-order valence-electron chi connectivity index (χ1n) is 10.2. The van der Waals surface area contributed by atoms with Crippen LogP contribution in [0.3, 0.4) is 0 Å². The Labute approximate surface area is 163 Å². The summed E-state index contributed by atoms with van der Waals surface area (Å²) in [5.74, 6) is 1.13. The van der Waals surface area contributed by atoms with Crippen molar-refractivity contribution < 1.29 is 4.74 Å². The van der Waals surface area contributed by atoms with E-state index in [2.05, 4.69) is 47.7 Å². The van der Waals surface area contributed by atoms with E-state index < -0.39 is 0 Å². The molecule has 0 saturated carbocycles. The van der Waals surface area contributed by atoms with E-state index in [0.717, 1.165) is 5.75 Å². The van der Waals surface area contributed by atoms with Crippen LogP contribution in [0.15, 0.2) is 18.2 Å². The minimum atomic E-state index is 0.455. The smallest absolute Gasteiger partial charge is 0.122 e. The summed E-state index contributed by atoms with van der Waals surface area (Å²) in [6, 6.07) is 6.59. The Morgan fingerprint density at radius 3 is 2.21 bits per heavy atom. The predicted molar refractivity (Wildman–Crippen MR) is 113 cm³/mol. The fourth-order valence-electron chi connectivity index (χ4n) is 3.65. The van der Waals surface area contributed by atoms with Crippen molar-refractivity contribution in [3.05, 3.63) is 27.3 Å². The van der Waals surface area contributed by atoms with Gasteiger partial charge in [-0.25, -0.2) is 0 Å². The molecule has 24 heavy (non-hydrogen) atoms. The van der Waals surface area contributed by atoms with Crippen LogP contribution in [0.5, 0.6) is 5.75 Å². The molecule has 2 heteroatoms. The van der Waals surface area contributed by atoms with Gasteiger partial charge in [0.25, 0.3) is 0 Å². The van der Waals surface area contributed by atoms with Gasteiger partial charge in [-0.05, 0) is 72.0 Å². The summed E-state index contributed by atoms with van der Waals surface area (Å²) in [5, 5.41) is 0. The lowest BCUT2D eigenvalue weighted by Gasteiger charge is -2.26. The fraction of sp³-hybridized carbons (Fsp3) is 0.727. The molecule has 1 heterocycles. The summed E-state index contributed by atoms with van der Waals surface area (Å²) >= 11 is 2.38. The molecule has 0 saturated heterocycles. The molecular weight excluding hydrogens is 407 g/mol. The molecule has 1 atom stereocenters. The van der Waals surface area contributed by atoms with Gasteiger partial charge >= 0.3 is 0 Å². The molecule has 1 aliphatic heterocycles. The maximum atomic E-state index is 6.18. The van der Waals surface area contributed by atoms with Gasteiger partial charge in [0.2, 0.25) is 0 Å². The number of rotatable bonds is 12. The third kappa shape index (κ3) is 7.76. The molecule has 0 bridgehead atoms. The number of aryl methyl sites for hydroxylation is 1. The highest BCUT2D eigenvalue weighted by molar-refractivity contribution is 14.1. The van der Waals surface area contributed by atoms with Crippen molar-refractivity contribution in [3.8, 4) is 5.75 Å². The second kappa shape index (κ2) is 12.2. The van der Waals surface area contributed by atoms with E-state index in [1.165, 1.54) is 99.0 Å². The van der Waals surface area contributed by atoms with Crippen molar-refractivity contribution in [1.29, 1.82) is 0 Å². The molecule has 0 aliphatic carbocycles. The molecule has 0 N–H and O–H groups in total. The van der Waals surface area contributed by atoms with E-state index in [4.69, 9.17) is 4.74 Å². The van der Waals surface area contributed by atoms with Gasteiger partial charge in [0, 0.05) is 3.57 Å². The summed E-state index contributed by atoms with van der Waals surface area (Å²) in [6.07, 6.45) is 19.7. The highest BCUT2D eigenvalue weighted by atomic mass is 127. The molecular formula is C22H35IO. The first-order chi connectivity index (χ1) is 11.8. The van der Waals surface area contributed by atoms with Crippen LogP contribution in [0, 0.1) is 3.57 Å². The Morgan fingerprint density at radius 2 is 1.54 bits per heavy atom. The normalized spacial score (nSPS) is 16.7. The lowest BCUT2D eigenvalue weighted by molar-refractivity contribution is 0.160. The SMILES string of the molecule is CCCCCCCCCCCCCC1CCc2cc(I)ccc2O1. The molecule has 0 fully saturated rings. The van der Waals surface area contributed by atoms with Crippen LogP contribution in [0.2, 0.25) is 0 Å². The zero-order valence-corrected chi connectivity index (χ0v) is 17.7. The van der Waals surface area contributed by atoms with Gasteiger partial charge in [-0.3, -0.25) is 0 Å². The minimum absolute atomic E-state index is 0.455. The van der Waals surface area contributed by atoms with Crippen molar-refractivity contribution in [3.63, 3.8) is 0 Å². The lowest BCUT2D eigenvalue weighted by atomic mass is 9.98. The van der Waals surface area contributed by atoms with Crippen LogP contribution in [0.4, 0.5) is 0 Å². The Bertz CT molecular complexity index is 457. The largest absolute Gasteiger partial charge is 0.490 e. The average molecular weight is 442 g/mol. The first kappa shape index (κ1) is 20.1. The topological polar surface area (TPSA) is 9.23 Å². The van der Waals surface area contributed by atoms with Gasteiger partial charge in [-0.2, -0.15) is 0 Å². The van der Waals surface area contributed by atoms with Crippen LogP contribution in [0.25, 0.3) is 0 Å². The Kier molecular flexibility index (Phi) is 10.2. The van der Waals surface area contributed by atoms with Crippen LogP contribution >= 0.6 is 22.6 Å².